The number of pyridine rings is 1. The molecule has 10 rings (SSSR count). The fraction of sp³-hybridized carbons (Fsp3) is 0. The molecule has 228 valence electrons. The smallest absolute Gasteiger partial charge is 0.182 e. The van der Waals surface area contributed by atoms with Crippen LogP contribution in [0.5, 0.6) is 0 Å². The van der Waals surface area contributed by atoms with Crippen molar-refractivity contribution in [2.24, 2.45) is 0 Å². The van der Waals surface area contributed by atoms with Gasteiger partial charge in [0.15, 0.2) is 11.5 Å². The molecular formula is C46H29N3. The van der Waals surface area contributed by atoms with Gasteiger partial charge in [0.2, 0.25) is 0 Å². The second kappa shape index (κ2) is 11.0. The Morgan fingerprint density at radius 1 is 0.347 bits per heavy atom. The molecule has 0 radical (unpaired) electrons. The number of hydrogen-bond acceptors (Lipinski definition) is 2. The molecule has 3 nitrogen and oxygen atoms in total. The third-order valence-corrected chi connectivity index (χ3v) is 9.80. The molecule has 3 heteroatoms. The number of rotatable bonds is 5. The third-order valence-electron chi connectivity index (χ3n) is 9.80. The summed E-state index contributed by atoms with van der Waals surface area (Å²) in [5.74, 6) is 0.701. The molecular weight excluding hydrogens is 595 g/mol. The van der Waals surface area contributed by atoms with Gasteiger partial charge in [-0.15, -0.1) is 5.10 Å². The van der Waals surface area contributed by atoms with Crippen LogP contribution in [0.3, 0.4) is 0 Å². The first kappa shape index (κ1) is 27.5. The number of fused-ring (bicyclic) bond motifs is 4. The van der Waals surface area contributed by atoms with E-state index in [1.807, 2.05) is 16.6 Å². The Kier molecular flexibility index (Phi) is 6.18. The van der Waals surface area contributed by atoms with Crippen molar-refractivity contribution in [2.45, 2.75) is 0 Å². The van der Waals surface area contributed by atoms with Crippen LogP contribution in [0.4, 0.5) is 0 Å². The van der Waals surface area contributed by atoms with E-state index in [4.69, 9.17) is 10.1 Å². The topological polar surface area (TPSA) is 30.2 Å². The molecule has 1 aliphatic rings. The van der Waals surface area contributed by atoms with E-state index < -0.39 is 0 Å². The molecule has 7 aromatic carbocycles. The first-order valence-corrected chi connectivity index (χ1v) is 16.7. The van der Waals surface area contributed by atoms with Crippen LogP contribution in [0.2, 0.25) is 0 Å². The molecule has 0 unspecified atom stereocenters. The number of nitrogens with zero attached hydrogens (tertiary/aromatic N) is 3. The predicted octanol–water partition coefficient (Wildman–Crippen LogP) is 11.9. The predicted molar refractivity (Wildman–Crippen MR) is 202 cm³/mol. The SMILES string of the molecule is c1ccc(-c2cc(-c3ccccc3)c3nc(-c4cccc(-c5cccc(-c6ccc7c8c(cccc68)-c6ccccc6-7)c5)c4)nn3c2)cc1. The van der Waals surface area contributed by atoms with E-state index in [0.29, 0.717) is 5.82 Å². The quantitative estimate of drug-likeness (QED) is 0.191. The number of hydrogen-bond donors (Lipinski definition) is 0. The third kappa shape index (κ3) is 4.51. The molecule has 1 aliphatic carbocycles. The summed E-state index contributed by atoms with van der Waals surface area (Å²) >= 11 is 0. The van der Waals surface area contributed by atoms with Gasteiger partial charge in [-0.1, -0.05) is 152 Å². The zero-order valence-corrected chi connectivity index (χ0v) is 26.6. The van der Waals surface area contributed by atoms with E-state index in [0.717, 1.165) is 44.6 Å². The molecule has 0 spiro atoms. The largest absolute Gasteiger partial charge is 0.219 e. The van der Waals surface area contributed by atoms with Crippen LogP contribution in [-0.4, -0.2) is 14.6 Å². The lowest BCUT2D eigenvalue weighted by Crippen LogP contribution is -1.93. The molecule has 0 saturated heterocycles. The molecule has 0 fully saturated rings. The van der Waals surface area contributed by atoms with Crippen molar-refractivity contribution in [1.82, 2.24) is 14.6 Å². The highest BCUT2D eigenvalue weighted by Crippen LogP contribution is 2.49. The Morgan fingerprint density at radius 3 is 1.65 bits per heavy atom. The molecule has 0 N–H and O–H groups in total. The molecule has 49 heavy (non-hydrogen) atoms. The van der Waals surface area contributed by atoms with Crippen LogP contribution in [0.25, 0.3) is 94.6 Å². The van der Waals surface area contributed by atoms with Gasteiger partial charge >= 0.3 is 0 Å². The summed E-state index contributed by atoms with van der Waals surface area (Å²) in [5.41, 5.74) is 16.2. The second-order valence-electron chi connectivity index (χ2n) is 12.7. The first-order chi connectivity index (χ1) is 24.3. The van der Waals surface area contributed by atoms with Gasteiger partial charge in [-0.05, 0) is 84.6 Å². The summed E-state index contributed by atoms with van der Waals surface area (Å²) in [6, 6.07) is 60.6. The Labute approximate surface area is 284 Å². The van der Waals surface area contributed by atoms with Crippen molar-refractivity contribution in [3.8, 4) is 78.1 Å². The van der Waals surface area contributed by atoms with Crippen molar-refractivity contribution in [2.75, 3.05) is 0 Å². The molecule has 0 amide bonds. The van der Waals surface area contributed by atoms with Gasteiger partial charge in [0.25, 0.3) is 0 Å². The highest BCUT2D eigenvalue weighted by Gasteiger charge is 2.22. The van der Waals surface area contributed by atoms with Crippen molar-refractivity contribution >= 4 is 16.4 Å². The summed E-state index contributed by atoms with van der Waals surface area (Å²) in [5, 5.41) is 7.67. The molecule has 0 atom stereocenters. The zero-order valence-electron chi connectivity index (χ0n) is 26.6. The first-order valence-electron chi connectivity index (χ1n) is 16.7. The van der Waals surface area contributed by atoms with Gasteiger partial charge in [0, 0.05) is 22.9 Å². The maximum atomic E-state index is 5.12. The van der Waals surface area contributed by atoms with Gasteiger partial charge in [0.05, 0.1) is 0 Å². The highest BCUT2D eigenvalue weighted by molar-refractivity contribution is 6.18. The van der Waals surface area contributed by atoms with Crippen LogP contribution in [0.15, 0.2) is 176 Å². The fourth-order valence-corrected chi connectivity index (χ4v) is 7.49. The molecule has 0 aliphatic heterocycles. The molecule has 0 bridgehead atoms. The van der Waals surface area contributed by atoms with E-state index >= 15 is 0 Å². The minimum Gasteiger partial charge on any atom is -0.219 e. The van der Waals surface area contributed by atoms with Gasteiger partial charge in [-0.3, -0.25) is 0 Å². The van der Waals surface area contributed by atoms with E-state index in [1.165, 1.54) is 44.2 Å². The molecule has 0 saturated carbocycles. The lowest BCUT2D eigenvalue weighted by atomic mass is 9.92. The summed E-state index contributed by atoms with van der Waals surface area (Å²) in [4.78, 5) is 5.12. The molecule has 9 aromatic rings. The van der Waals surface area contributed by atoms with Crippen LogP contribution in [-0.2, 0) is 0 Å². The normalized spacial score (nSPS) is 11.7. The maximum absolute atomic E-state index is 5.12. The highest BCUT2D eigenvalue weighted by atomic mass is 15.3. The average Bonchev–Trinajstić information content (AvgIpc) is 3.76. The molecule has 2 aromatic heterocycles. The van der Waals surface area contributed by atoms with E-state index in [-0.39, 0.29) is 0 Å². The molecule has 2 heterocycles. The Morgan fingerprint density at radius 2 is 0.898 bits per heavy atom. The van der Waals surface area contributed by atoms with Gasteiger partial charge in [-0.25, -0.2) is 9.50 Å². The minimum atomic E-state index is 0.701. The maximum Gasteiger partial charge on any atom is 0.182 e. The monoisotopic (exact) mass is 623 g/mol. The average molecular weight is 624 g/mol. The van der Waals surface area contributed by atoms with E-state index in [1.54, 1.807) is 0 Å². The lowest BCUT2D eigenvalue weighted by Gasteiger charge is -2.11. The lowest BCUT2D eigenvalue weighted by molar-refractivity contribution is 0.968. The van der Waals surface area contributed by atoms with Crippen LogP contribution >= 0.6 is 0 Å². The number of benzene rings is 7. The van der Waals surface area contributed by atoms with Crippen molar-refractivity contribution in [3.63, 3.8) is 0 Å². The standard InChI is InChI=1S/C46H29N3/c1-3-12-30(13-4-1)36-28-43(31-14-5-2-6-15-31)46-47-45(48-49(46)29-36)35-19-10-17-33(27-35)32-16-9-18-34(26-32)37-24-25-42-39-21-8-7-20-38(39)41-23-11-22-40(37)44(41)42/h1-29H. The fourth-order valence-electron chi connectivity index (χ4n) is 7.49. The van der Waals surface area contributed by atoms with E-state index in [2.05, 4.69) is 164 Å². The zero-order chi connectivity index (χ0) is 32.3. The van der Waals surface area contributed by atoms with Gasteiger partial charge in [0.1, 0.15) is 0 Å². The summed E-state index contributed by atoms with van der Waals surface area (Å²) in [6.07, 6.45) is 2.08. The second-order valence-corrected chi connectivity index (χ2v) is 12.7. The van der Waals surface area contributed by atoms with E-state index in [9.17, 15) is 0 Å². The van der Waals surface area contributed by atoms with Crippen LogP contribution in [0, 0.1) is 0 Å². The van der Waals surface area contributed by atoms with Crippen LogP contribution in [0.1, 0.15) is 0 Å². The van der Waals surface area contributed by atoms with Gasteiger partial charge < -0.3 is 0 Å². The van der Waals surface area contributed by atoms with Gasteiger partial charge in [-0.2, -0.15) is 0 Å². The summed E-state index contributed by atoms with van der Waals surface area (Å²) in [6.45, 7) is 0. The summed E-state index contributed by atoms with van der Waals surface area (Å²) in [7, 11) is 0. The minimum absolute atomic E-state index is 0.701. The van der Waals surface area contributed by atoms with Crippen molar-refractivity contribution in [1.29, 1.82) is 0 Å². The van der Waals surface area contributed by atoms with Crippen molar-refractivity contribution < 1.29 is 0 Å². The Balaban J connectivity index is 1.06. The number of aromatic nitrogens is 3. The Bertz CT molecular complexity index is 2680. The van der Waals surface area contributed by atoms with Crippen LogP contribution < -0.4 is 0 Å². The van der Waals surface area contributed by atoms with Crippen molar-refractivity contribution in [3.05, 3.63) is 176 Å². The Hall–Kier alpha value is -6.58. The summed E-state index contributed by atoms with van der Waals surface area (Å²) < 4.78 is 1.93.